The highest BCUT2D eigenvalue weighted by atomic mass is 16.7. The first-order valence-electron chi connectivity index (χ1n) is 13.7. The summed E-state index contributed by atoms with van der Waals surface area (Å²) in [4.78, 5) is 0. The summed E-state index contributed by atoms with van der Waals surface area (Å²) in [6.07, 6.45) is -6.56. The topological polar surface area (TPSA) is 126 Å². The van der Waals surface area contributed by atoms with Crippen molar-refractivity contribution in [3.8, 4) is 22.9 Å². The maximum Gasteiger partial charge on any atom is 0.239 e. The third-order valence-electron chi connectivity index (χ3n) is 7.14. The number of rotatable bonds is 10. The Morgan fingerprint density at radius 2 is 1.46 bits per heavy atom. The summed E-state index contributed by atoms with van der Waals surface area (Å²) in [5, 5.41) is 45.6. The van der Waals surface area contributed by atoms with Crippen molar-refractivity contribution in [2.75, 3.05) is 6.61 Å². The second-order valence-electron chi connectivity index (χ2n) is 10.4. The van der Waals surface area contributed by atoms with Gasteiger partial charge < -0.3 is 34.6 Å². The van der Waals surface area contributed by atoms with Gasteiger partial charge in [0.15, 0.2) is 0 Å². The van der Waals surface area contributed by atoms with E-state index in [1.807, 2.05) is 103 Å². The molecule has 41 heavy (non-hydrogen) atoms. The van der Waals surface area contributed by atoms with Crippen LogP contribution in [0.15, 0.2) is 84.9 Å². The zero-order valence-electron chi connectivity index (χ0n) is 23.1. The summed E-state index contributed by atoms with van der Waals surface area (Å²) >= 11 is 0. The van der Waals surface area contributed by atoms with E-state index >= 15 is 0 Å². The minimum Gasteiger partial charge on any atom is -0.489 e. The zero-order chi connectivity index (χ0) is 28.9. The molecule has 0 saturated carbocycles. The van der Waals surface area contributed by atoms with Crippen LogP contribution < -0.4 is 9.47 Å². The van der Waals surface area contributed by atoms with Crippen molar-refractivity contribution in [2.45, 2.75) is 63.6 Å². The molecule has 2 unspecified atom stereocenters. The lowest BCUT2D eigenvalue weighted by Crippen LogP contribution is -2.60. The largest absolute Gasteiger partial charge is 0.489 e. The molecule has 0 bridgehead atoms. The van der Waals surface area contributed by atoms with Crippen LogP contribution in [0.5, 0.6) is 11.6 Å². The first-order chi connectivity index (χ1) is 19.9. The predicted molar refractivity (Wildman–Crippen MR) is 152 cm³/mol. The fraction of sp³-hybridized carbons (Fsp3) is 0.344. The van der Waals surface area contributed by atoms with Gasteiger partial charge in [0, 0.05) is 23.6 Å². The first-order valence-corrected chi connectivity index (χ1v) is 13.7. The Balaban J connectivity index is 1.50. The van der Waals surface area contributed by atoms with E-state index < -0.39 is 37.3 Å². The molecule has 0 amide bonds. The van der Waals surface area contributed by atoms with Gasteiger partial charge in [-0.05, 0) is 49.2 Å². The summed E-state index contributed by atoms with van der Waals surface area (Å²) in [5.74, 6) is 0.960. The molecule has 0 spiro atoms. The summed E-state index contributed by atoms with van der Waals surface area (Å²) in [6, 6.07) is 27.6. The van der Waals surface area contributed by atoms with E-state index in [4.69, 9.17) is 19.3 Å². The Labute approximate surface area is 239 Å². The Hall–Kier alpha value is -3.73. The first kappa shape index (κ1) is 28.8. The predicted octanol–water partition coefficient (Wildman–Crippen LogP) is 3.48. The molecule has 0 radical (unpaired) electrons. The highest BCUT2D eigenvalue weighted by Crippen LogP contribution is 2.37. The molecule has 9 nitrogen and oxygen atoms in total. The van der Waals surface area contributed by atoms with Crippen LogP contribution in [0.2, 0.25) is 0 Å². The van der Waals surface area contributed by atoms with Crippen molar-refractivity contribution in [1.29, 1.82) is 0 Å². The van der Waals surface area contributed by atoms with E-state index in [-0.39, 0.29) is 11.9 Å². The molecule has 5 rings (SSSR count). The molecule has 1 aliphatic rings. The lowest BCUT2D eigenvalue weighted by Gasteiger charge is -2.39. The summed E-state index contributed by atoms with van der Waals surface area (Å²) in [7, 11) is 0. The van der Waals surface area contributed by atoms with E-state index in [1.165, 1.54) is 0 Å². The number of aliphatic hydroxyl groups excluding tert-OH is 4. The minimum atomic E-state index is -1.56. The number of ether oxygens (including phenoxy) is 3. The van der Waals surface area contributed by atoms with Gasteiger partial charge in [0.05, 0.1) is 12.3 Å². The van der Waals surface area contributed by atoms with Gasteiger partial charge in [-0.3, -0.25) is 4.68 Å². The quantitative estimate of drug-likeness (QED) is 0.232. The SMILES string of the molecule is CC(C)n1nc(OC2OC(CO)[C@@H](O)[C@H](O)[C@H]2O)c(Cc2ccccc2)c1-c1ccc(OCc2ccccc2)cc1. The molecule has 1 aromatic heterocycles. The average molecular weight is 561 g/mol. The highest BCUT2D eigenvalue weighted by Gasteiger charge is 2.45. The fourth-order valence-corrected chi connectivity index (χ4v) is 4.91. The van der Waals surface area contributed by atoms with Gasteiger partial charge in [-0.25, -0.2) is 0 Å². The maximum atomic E-state index is 10.6. The Morgan fingerprint density at radius 3 is 2.07 bits per heavy atom. The summed E-state index contributed by atoms with van der Waals surface area (Å²) < 4.78 is 19.6. The minimum absolute atomic E-state index is 0.0410. The van der Waals surface area contributed by atoms with Crippen LogP contribution in [0.1, 0.15) is 36.6 Å². The summed E-state index contributed by atoms with van der Waals surface area (Å²) in [6.45, 7) is 3.93. The van der Waals surface area contributed by atoms with Crippen LogP contribution in [0, 0.1) is 0 Å². The van der Waals surface area contributed by atoms with E-state index in [2.05, 4.69) is 0 Å². The molecule has 1 fully saturated rings. The zero-order valence-corrected chi connectivity index (χ0v) is 23.1. The van der Waals surface area contributed by atoms with Crippen molar-refractivity contribution >= 4 is 0 Å². The normalized spacial score (nSPS) is 22.6. The van der Waals surface area contributed by atoms with Crippen molar-refractivity contribution in [3.05, 3.63) is 102 Å². The van der Waals surface area contributed by atoms with E-state index in [0.29, 0.717) is 13.0 Å². The van der Waals surface area contributed by atoms with Crippen molar-refractivity contribution in [2.24, 2.45) is 0 Å². The second kappa shape index (κ2) is 12.8. The summed E-state index contributed by atoms with van der Waals surface area (Å²) in [5.41, 5.74) is 4.60. The average Bonchev–Trinajstić information content (AvgIpc) is 3.35. The lowest BCUT2D eigenvalue weighted by molar-refractivity contribution is -0.278. The number of hydrogen-bond acceptors (Lipinski definition) is 8. The van der Waals surface area contributed by atoms with Gasteiger partial charge in [0.2, 0.25) is 12.2 Å². The van der Waals surface area contributed by atoms with Gasteiger partial charge in [-0.15, -0.1) is 5.10 Å². The molecule has 0 aliphatic carbocycles. The van der Waals surface area contributed by atoms with Crippen LogP contribution in [-0.2, 0) is 17.8 Å². The number of nitrogens with zero attached hydrogens (tertiary/aromatic N) is 2. The molecule has 1 aliphatic heterocycles. The Kier molecular flexibility index (Phi) is 9.02. The number of aromatic nitrogens is 2. The number of aliphatic hydroxyl groups is 4. The van der Waals surface area contributed by atoms with Crippen LogP contribution in [0.3, 0.4) is 0 Å². The van der Waals surface area contributed by atoms with E-state index in [9.17, 15) is 20.4 Å². The fourth-order valence-electron chi connectivity index (χ4n) is 4.91. The second-order valence-corrected chi connectivity index (χ2v) is 10.4. The number of hydrogen-bond donors (Lipinski definition) is 4. The molecule has 1 saturated heterocycles. The standard InChI is InChI=1S/C32H36N2O7/c1-20(2)34-27(23-13-15-24(16-14-23)39-19-22-11-7-4-8-12-22)25(17-21-9-5-3-6-10-21)31(33-34)41-32-30(38)29(37)28(36)26(18-35)40-32/h3-16,20,26,28-30,32,35-38H,17-19H2,1-2H3/t26?,28-,29+,30-,32?/m1/s1. The molecule has 4 aromatic rings. The van der Waals surface area contributed by atoms with Crippen LogP contribution in [0.25, 0.3) is 11.3 Å². The maximum absolute atomic E-state index is 10.6. The molecular formula is C32H36N2O7. The molecule has 2 heterocycles. The van der Waals surface area contributed by atoms with Gasteiger partial charge in [-0.1, -0.05) is 60.7 Å². The Bertz CT molecular complexity index is 1390. The van der Waals surface area contributed by atoms with Crippen LogP contribution in [0.4, 0.5) is 0 Å². The van der Waals surface area contributed by atoms with Gasteiger partial charge >= 0.3 is 0 Å². The van der Waals surface area contributed by atoms with Gasteiger partial charge in [0.1, 0.15) is 36.8 Å². The number of benzene rings is 3. The highest BCUT2D eigenvalue weighted by molar-refractivity contribution is 5.67. The monoisotopic (exact) mass is 560 g/mol. The molecule has 9 heteroatoms. The Morgan fingerprint density at radius 1 is 0.829 bits per heavy atom. The van der Waals surface area contributed by atoms with E-state index in [1.54, 1.807) is 0 Å². The van der Waals surface area contributed by atoms with Crippen molar-refractivity contribution < 1.29 is 34.6 Å². The van der Waals surface area contributed by atoms with Crippen LogP contribution in [-0.4, -0.2) is 67.5 Å². The lowest BCUT2D eigenvalue weighted by atomic mass is 9.99. The van der Waals surface area contributed by atoms with Crippen LogP contribution >= 0.6 is 0 Å². The molecular weight excluding hydrogens is 524 g/mol. The van der Waals surface area contributed by atoms with Gasteiger partial charge in [-0.2, -0.15) is 0 Å². The molecule has 3 aromatic carbocycles. The van der Waals surface area contributed by atoms with E-state index in [0.717, 1.165) is 33.7 Å². The van der Waals surface area contributed by atoms with Crippen molar-refractivity contribution in [3.63, 3.8) is 0 Å². The third kappa shape index (κ3) is 6.45. The van der Waals surface area contributed by atoms with Gasteiger partial charge in [0.25, 0.3) is 0 Å². The smallest absolute Gasteiger partial charge is 0.239 e. The molecule has 5 atom stereocenters. The molecule has 216 valence electrons. The molecule has 4 N–H and O–H groups in total. The van der Waals surface area contributed by atoms with Crippen molar-refractivity contribution in [1.82, 2.24) is 9.78 Å². The third-order valence-corrected chi connectivity index (χ3v) is 7.14.